The monoisotopic (exact) mass is 571 g/mol. The molecule has 1 aliphatic carbocycles. The molecule has 3 amide bonds. The van der Waals surface area contributed by atoms with Crippen molar-refractivity contribution in [2.24, 2.45) is 0 Å². The van der Waals surface area contributed by atoms with E-state index in [1.54, 1.807) is 22.6 Å². The molecule has 2 N–H and O–H groups in total. The Bertz CT molecular complexity index is 1520. The van der Waals surface area contributed by atoms with Crippen molar-refractivity contribution in [3.63, 3.8) is 0 Å². The van der Waals surface area contributed by atoms with Gasteiger partial charge in [0.2, 0.25) is 11.9 Å². The van der Waals surface area contributed by atoms with E-state index in [1.807, 2.05) is 42.2 Å². The maximum atomic E-state index is 14.1. The summed E-state index contributed by atoms with van der Waals surface area (Å²) in [4.78, 5) is 52.2. The SMILES string of the molecule is CC(=O)N1CCC(n2c(=O)c(-c3ccccc3C)cc3cnc(NC4CCN(C(=O)NC5CCCCC5)CC4)nc32)C1. The molecule has 3 aromatic rings. The molecule has 1 atom stereocenters. The minimum Gasteiger partial charge on any atom is -0.351 e. The lowest BCUT2D eigenvalue weighted by Gasteiger charge is -2.34. The van der Waals surface area contributed by atoms with E-state index in [0.29, 0.717) is 55.8 Å². The molecule has 2 aliphatic heterocycles. The Labute approximate surface area is 246 Å². The standard InChI is InChI=1S/C32H41N7O3/c1-21-8-6-7-11-27(21)28-18-23-19-33-31(36-29(23)39(30(28)41)26-14-17-38(20-26)22(2)40)34-25-12-15-37(16-13-25)32(42)35-24-9-4-3-5-10-24/h6-8,11,18-19,24-26H,3-5,9-10,12-17,20H2,1-2H3,(H,35,42)(H,33,34,36). The van der Waals surface area contributed by atoms with E-state index < -0.39 is 0 Å². The quantitative estimate of drug-likeness (QED) is 0.467. The van der Waals surface area contributed by atoms with Gasteiger partial charge in [-0.1, -0.05) is 43.5 Å². The van der Waals surface area contributed by atoms with Crippen molar-refractivity contribution >= 4 is 28.9 Å². The van der Waals surface area contributed by atoms with Crippen LogP contribution in [-0.2, 0) is 4.79 Å². The zero-order valence-electron chi connectivity index (χ0n) is 24.6. The highest BCUT2D eigenvalue weighted by atomic mass is 16.2. The van der Waals surface area contributed by atoms with Crippen LogP contribution in [-0.4, -0.2) is 74.5 Å². The normalized spacial score (nSPS) is 20.2. The third kappa shape index (κ3) is 5.84. The van der Waals surface area contributed by atoms with E-state index in [4.69, 9.17) is 4.98 Å². The molecule has 0 radical (unpaired) electrons. The van der Waals surface area contributed by atoms with Crippen LogP contribution in [0, 0.1) is 6.92 Å². The second kappa shape index (κ2) is 12.1. The highest BCUT2D eigenvalue weighted by molar-refractivity contribution is 5.82. The highest BCUT2D eigenvalue weighted by Crippen LogP contribution is 2.29. The molecule has 3 fully saturated rings. The van der Waals surface area contributed by atoms with Gasteiger partial charge in [0.25, 0.3) is 5.56 Å². The number of hydrogen-bond acceptors (Lipinski definition) is 6. The molecule has 10 nitrogen and oxygen atoms in total. The minimum atomic E-state index is -0.165. The first-order valence-corrected chi connectivity index (χ1v) is 15.4. The van der Waals surface area contributed by atoms with E-state index in [9.17, 15) is 14.4 Å². The number of piperidine rings is 1. The fourth-order valence-electron chi connectivity index (χ4n) is 6.76. The maximum absolute atomic E-state index is 14.1. The van der Waals surface area contributed by atoms with Crippen LogP contribution in [0.25, 0.3) is 22.2 Å². The number of aryl methyl sites for hydroxylation is 1. The van der Waals surface area contributed by atoms with Crippen molar-refractivity contribution in [3.8, 4) is 11.1 Å². The summed E-state index contributed by atoms with van der Waals surface area (Å²) in [5, 5.41) is 7.49. The Kier molecular flexibility index (Phi) is 8.13. The van der Waals surface area contributed by atoms with Crippen LogP contribution >= 0.6 is 0 Å². The van der Waals surface area contributed by atoms with E-state index in [-0.39, 0.29) is 29.6 Å². The first-order valence-electron chi connectivity index (χ1n) is 15.4. The molecule has 0 spiro atoms. The van der Waals surface area contributed by atoms with Gasteiger partial charge < -0.3 is 20.4 Å². The number of likely N-dealkylation sites (tertiary alicyclic amines) is 2. The van der Waals surface area contributed by atoms with Gasteiger partial charge in [-0.25, -0.2) is 9.78 Å². The predicted octanol–water partition coefficient (Wildman–Crippen LogP) is 4.48. The fraction of sp³-hybridized carbons (Fsp3) is 0.531. The molecule has 0 bridgehead atoms. The van der Waals surface area contributed by atoms with E-state index in [0.717, 1.165) is 42.2 Å². The molecule has 2 saturated heterocycles. The van der Waals surface area contributed by atoms with Gasteiger partial charge in [0.15, 0.2) is 0 Å². The number of anilines is 1. The number of rotatable bonds is 5. The summed E-state index contributed by atoms with van der Waals surface area (Å²) in [6, 6.07) is 10.1. The molecule has 222 valence electrons. The number of hydrogen-bond donors (Lipinski definition) is 2. The zero-order chi connectivity index (χ0) is 29.2. The molecule has 42 heavy (non-hydrogen) atoms. The number of carbonyl (C=O) groups is 2. The Morgan fingerprint density at radius 1 is 0.905 bits per heavy atom. The van der Waals surface area contributed by atoms with Crippen LogP contribution in [0.4, 0.5) is 10.7 Å². The van der Waals surface area contributed by atoms with Gasteiger partial charge in [0.1, 0.15) is 5.65 Å². The molecular formula is C32H41N7O3. The average Bonchev–Trinajstić information content (AvgIpc) is 3.48. The lowest BCUT2D eigenvalue weighted by Crippen LogP contribution is -2.49. The number of urea groups is 1. The molecule has 1 aromatic carbocycles. The number of aromatic nitrogens is 3. The second-order valence-electron chi connectivity index (χ2n) is 12.1. The van der Waals surface area contributed by atoms with Crippen LogP contribution in [0.15, 0.2) is 41.3 Å². The number of carbonyl (C=O) groups excluding carboxylic acids is 2. The third-order valence-corrected chi connectivity index (χ3v) is 9.23. The smallest absolute Gasteiger partial charge is 0.317 e. The number of nitrogens with one attached hydrogen (secondary N) is 2. The Morgan fingerprint density at radius 2 is 1.64 bits per heavy atom. The number of pyridine rings is 1. The molecule has 3 aliphatic rings. The fourth-order valence-corrected chi connectivity index (χ4v) is 6.76. The van der Waals surface area contributed by atoms with E-state index in [2.05, 4.69) is 15.6 Å². The van der Waals surface area contributed by atoms with Gasteiger partial charge in [-0.3, -0.25) is 14.2 Å². The van der Waals surface area contributed by atoms with Crippen molar-refractivity contribution in [1.82, 2.24) is 29.7 Å². The molecule has 1 saturated carbocycles. The summed E-state index contributed by atoms with van der Waals surface area (Å²) in [5.41, 5.74) is 3.00. The molecule has 6 rings (SSSR count). The van der Waals surface area contributed by atoms with Crippen molar-refractivity contribution in [1.29, 1.82) is 0 Å². The summed E-state index contributed by atoms with van der Waals surface area (Å²) in [5.74, 6) is 0.492. The van der Waals surface area contributed by atoms with Gasteiger partial charge in [0, 0.05) is 62.3 Å². The number of amides is 3. The summed E-state index contributed by atoms with van der Waals surface area (Å²) in [7, 11) is 0. The van der Waals surface area contributed by atoms with Crippen LogP contribution < -0.4 is 16.2 Å². The van der Waals surface area contributed by atoms with Gasteiger partial charge >= 0.3 is 6.03 Å². The minimum absolute atomic E-state index is 0.0145. The van der Waals surface area contributed by atoms with Crippen LogP contribution in [0.5, 0.6) is 0 Å². The van der Waals surface area contributed by atoms with Crippen LogP contribution in [0.2, 0.25) is 0 Å². The van der Waals surface area contributed by atoms with Crippen LogP contribution in [0.3, 0.4) is 0 Å². The number of nitrogens with zero attached hydrogens (tertiary/aromatic N) is 5. The molecule has 2 aromatic heterocycles. The van der Waals surface area contributed by atoms with E-state index in [1.165, 1.54) is 19.3 Å². The van der Waals surface area contributed by atoms with Crippen molar-refractivity contribution in [2.75, 3.05) is 31.5 Å². The molecular weight excluding hydrogens is 530 g/mol. The van der Waals surface area contributed by atoms with Crippen molar-refractivity contribution < 1.29 is 9.59 Å². The molecule has 1 unspecified atom stereocenters. The highest BCUT2D eigenvalue weighted by Gasteiger charge is 2.30. The molecule has 10 heteroatoms. The number of benzene rings is 1. The number of fused-ring (bicyclic) bond motifs is 1. The Morgan fingerprint density at radius 3 is 2.36 bits per heavy atom. The lowest BCUT2D eigenvalue weighted by atomic mass is 9.95. The predicted molar refractivity (Wildman–Crippen MR) is 164 cm³/mol. The lowest BCUT2D eigenvalue weighted by molar-refractivity contribution is -0.127. The third-order valence-electron chi connectivity index (χ3n) is 9.23. The first kappa shape index (κ1) is 28.2. The average molecular weight is 572 g/mol. The topological polar surface area (TPSA) is 112 Å². The first-order chi connectivity index (χ1) is 20.4. The van der Waals surface area contributed by atoms with Crippen molar-refractivity contribution in [2.45, 2.75) is 83.3 Å². The Balaban J connectivity index is 1.23. The Hall–Kier alpha value is -3.95. The zero-order valence-corrected chi connectivity index (χ0v) is 24.6. The largest absolute Gasteiger partial charge is 0.351 e. The maximum Gasteiger partial charge on any atom is 0.317 e. The van der Waals surface area contributed by atoms with Gasteiger partial charge in [0.05, 0.1) is 6.04 Å². The second-order valence-corrected chi connectivity index (χ2v) is 12.1. The van der Waals surface area contributed by atoms with Crippen LogP contribution in [0.1, 0.15) is 69.9 Å². The van der Waals surface area contributed by atoms with Gasteiger partial charge in [-0.2, -0.15) is 4.98 Å². The summed E-state index contributed by atoms with van der Waals surface area (Å²) >= 11 is 0. The van der Waals surface area contributed by atoms with Gasteiger partial charge in [-0.05, 0) is 56.2 Å². The molecule has 4 heterocycles. The van der Waals surface area contributed by atoms with Crippen molar-refractivity contribution in [3.05, 3.63) is 52.4 Å². The summed E-state index contributed by atoms with van der Waals surface area (Å²) in [6.45, 7) is 6.03. The van der Waals surface area contributed by atoms with E-state index >= 15 is 0 Å². The van der Waals surface area contributed by atoms with Gasteiger partial charge in [-0.15, -0.1) is 0 Å². The summed E-state index contributed by atoms with van der Waals surface area (Å²) < 4.78 is 1.78. The summed E-state index contributed by atoms with van der Waals surface area (Å²) in [6.07, 6.45) is 9.89.